The number of thiazole rings is 1. The summed E-state index contributed by atoms with van der Waals surface area (Å²) in [5, 5.41) is 14.9. The fraction of sp³-hybridized carbons (Fsp3) is 0.692. The van der Waals surface area contributed by atoms with Crippen molar-refractivity contribution in [1.29, 1.82) is 0 Å². The molecular weight excluding hydrogens is 262 g/mol. The molecule has 0 amide bonds. The van der Waals surface area contributed by atoms with Crippen molar-refractivity contribution in [3.05, 3.63) is 16.1 Å². The van der Waals surface area contributed by atoms with Crippen LogP contribution >= 0.6 is 11.3 Å². The van der Waals surface area contributed by atoms with Gasteiger partial charge in [-0.1, -0.05) is 0 Å². The highest BCUT2D eigenvalue weighted by Gasteiger charge is 2.20. The highest BCUT2D eigenvalue weighted by molar-refractivity contribution is 7.09. The van der Waals surface area contributed by atoms with Crippen molar-refractivity contribution in [2.45, 2.75) is 26.3 Å². The number of nitrogens with zero attached hydrogens (tertiary/aromatic N) is 2. The monoisotopic (exact) mass is 283 g/mol. The number of piperidine rings is 1. The van der Waals surface area contributed by atoms with E-state index in [1.807, 2.05) is 6.92 Å². The predicted molar refractivity (Wildman–Crippen MR) is 75.4 cm³/mol. The zero-order valence-electron chi connectivity index (χ0n) is 11.3. The Bertz CT molecular complexity index is 422. The standard InChI is InChI=1S/C13H21N3O2S/c1-10-15-12(9-19-10)8-16-4-2-3-11(7-16)5-14-6-13(17)18/h9,11,14H,2-8H2,1H3,(H,17,18). The van der Waals surface area contributed by atoms with E-state index in [0.29, 0.717) is 5.92 Å². The van der Waals surface area contributed by atoms with Gasteiger partial charge in [0, 0.05) is 18.5 Å². The van der Waals surface area contributed by atoms with Gasteiger partial charge in [0.15, 0.2) is 0 Å². The van der Waals surface area contributed by atoms with Gasteiger partial charge in [0.2, 0.25) is 0 Å². The molecule has 6 heteroatoms. The minimum Gasteiger partial charge on any atom is -0.480 e. The van der Waals surface area contributed by atoms with Gasteiger partial charge in [0.25, 0.3) is 0 Å². The molecule has 0 bridgehead atoms. The minimum absolute atomic E-state index is 0.0573. The summed E-state index contributed by atoms with van der Waals surface area (Å²) in [6.45, 7) is 5.94. The van der Waals surface area contributed by atoms with E-state index in [9.17, 15) is 4.79 Å². The molecule has 1 aromatic rings. The van der Waals surface area contributed by atoms with Crippen LogP contribution in [-0.2, 0) is 11.3 Å². The summed E-state index contributed by atoms with van der Waals surface area (Å²) in [6.07, 6.45) is 2.36. The third kappa shape index (κ3) is 4.89. The van der Waals surface area contributed by atoms with E-state index in [4.69, 9.17) is 5.11 Å². The number of aliphatic carboxylic acids is 1. The average molecular weight is 283 g/mol. The van der Waals surface area contributed by atoms with Gasteiger partial charge in [-0.15, -0.1) is 11.3 Å². The maximum atomic E-state index is 10.5. The van der Waals surface area contributed by atoms with Crippen LogP contribution < -0.4 is 5.32 Å². The summed E-state index contributed by atoms with van der Waals surface area (Å²) in [4.78, 5) is 17.4. The van der Waals surface area contributed by atoms with Gasteiger partial charge < -0.3 is 10.4 Å². The summed E-state index contributed by atoms with van der Waals surface area (Å²) in [5.41, 5.74) is 1.15. The molecule has 0 spiro atoms. The Morgan fingerprint density at radius 2 is 2.53 bits per heavy atom. The van der Waals surface area contributed by atoms with Crippen molar-refractivity contribution < 1.29 is 9.90 Å². The van der Waals surface area contributed by atoms with Gasteiger partial charge in [-0.2, -0.15) is 0 Å². The Labute approximate surface area is 117 Å². The second-order valence-electron chi connectivity index (χ2n) is 5.13. The number of nitrogens with one attached hydrogen (secondary N) is 1. The molecule has 0 aliphatic carbocycles. The summed E-state index contributed by atoms with van der Waals surface area (Å²) < 4.78 is 0. The van der Waals surface area contributed by atoms with Crippen LogP contribution in [0.1, 0.15) is 23.5 Å². The summed E-state index contributed by atoms with van der Waals surface area (Å²) >= 11 is 1.70. The number of likely N-dealkylation sites (tertiary alicyclic amines) is 1. The van der Waals surface area contributed by atoms with Crippen molar-refractivity contribution in [3.63, 3.8) is 0 Å². The molecule has 1 saturated heterocycles. The number of carboxylic acids is 1. The highest BCUT2D eigenvalue weighted by Crippen LogP contribution is 2.18. The SMILES string of the molecule is Cc1nc(CN2CCCC(CNCC(=O)O)C2)cs1. The van der Waals surface area contributed by atoms with E-state index in [2.05, 4.69) is 20.6 Å². The van der Waals surface area contributed by atoms with Gasteiger partial charge in [0.05, 0.1) is 17.2 Å². The van der Waals surface area contributed by atoms with E-state index >= 15 is 0 Å². The van der Waals surface area contributed by atoms with Gasteiger partial charge in [-0.05, 0) is 38.8 Å². The number of carboxylic acid groups (broad SMARTS) is 1. The first-order chi connectivity index (χ1) is 9.13. The molecule has 2 N–H and O–H groups in total. The van der Waals surface area contributed by atoms with Crippen LogP contribution in [0.3, 0.4) is 0 Å². The lowest BCUT2D eigenvalue weighted by atomic mass is 9.98. The molecule has 5 nitrogen and oxygen atoms in total. The van der Waals surface area contributed by atoms with E-state index in [0.717, 1.165) is 36.9 Å². The minimum atomic E-state index is -0.786. The topological polar surface area (TPSA) is 65.5 Å². The molecule has 1 aliphatic rings. The Morgan fingerprint density at radius 3 is 3.21 bits per heavy atom. The highest BCUT2D eigenvalue weighted by atomic mass is 32.1. The third-order valence-electron chi connectivity index (χ3n) is 3.36. The second-order valence-corrected chi connectivity index (χ2v) is 6.19. The van der Waals surface area contributed by atoms with E-state index in [-0.39, 0.29) is 6.54 Å². The van der Waals surface area contributed by atoms with Crippen molar-refractivity contribution in [2.75, 3.05) is 26.2 Å². The quantitative estimate of drug-likeness (QED) is 0.825. The fourth-order valence-electron chi connectivity index (χ4n) is 2.55. The molecule has 0 radical (unpaired) electrons. The van der Waals surface area contributed by atoms with E-state index in [1.165, 1.54) is 12.8 Å². The van der Waals surface area contributed by atoms with Crippen LogP contribution in [0.25, 0.3) is 0 Å². The number of aryl methyl sites for hydroxylation is 1. The first-order valence-corrected chi connectivity index (χ1v) is 7.57. The molecule has 106 valence electrons. The maximum Gasteiger partial charge on any atom is 0.317 e. The van der Waals surface area contributed by atoms with Crippen LogP contribution in [0.15, 0.2) is 5.38 Å². The number of rotatable bonds is 6. The third-order valence-corrected chi connectivity index (χ3v) is 4.19. The van der Waals surface area contributed by atoms with Crippen molar-refractivity contribution in [1.82, 2.24) is 15.2 Å². The van der Waals surface area contributed by atoms with Gasteiger partial charge in [-0.3, -0.25) is 9.69 Å². The molecule has 1 atom stereocenters. The first kappa shape index (κ1) is 14.4. The first-order valence-electron chi connectivity index (χ1n) is 6.69. The van der Waals surface area contributed by atoms with E-state index in [1.54, 1.807) is 11.3 Å². The maximum absolute atomic E-state index is 10.5. The van der Waals surface area contributed by atoms with Gasteiger partial charge >= 0.3 is 5.97 Å². The van der Waals surface area contributed by atoms with Crippen LogP contribution in [0, 0.1) is 12.8 Å². The van der Waals surface area contributed by atoms with Crippen molar-refractivity contribution in [3.8, 4) is 0 Å². The molecule has 19 heavy (non-hydrogen) atoms. The zero-order valence-corrected chi connectivity index (χ0v) is 12.1. The molecular formula is C13H21N3O2S. The zero-order chi connectivity index (χ0) is 13.7. The molecule has 1 unspecified atom stereocenters. The van der Waals surface area contributed by atoms with Crippen LogP contribution in [0.4, 0.5) is 0 Å². The number of hydrogen-bond donors (Lipinski definition) is 2. The van der Waals surface area contributed by atoms with Crippen LogP contribution in [0.5, 0.6) is 0 Å². The van der Waals surface area contributed by atoms with Gasteiger partial charge in [-0.25, -0.2) is 4.98 Å². The Morgan fingerprint density at radius 1 is 1.68 bits per heavy atom. The van der Waals surface area contributed by atoms with E-state index < -0.39 is 5.97 Å². The van der Waals surface area contributed by atoms with Crippen molar-refractivity contribution >= 4 is 17.3 Å². The fourth-order valence-corrected chi connectivity index (χ4v) is 3.16. The molecule has 1 aliphatic heterocycles. The molecule has 2 rings (SSSR count). The molecule has 0 saturated carbocycles. The summed E-state index contributed by atoms with van der Waals surface area (Å²) in [6, 6.07) is 0. The largest absolute Gasteiger partial charge is 0.480 e. The molecule has 1 aromatic heterocycles. The predicted octanol–water partition coefficient (Wildman–Crippen LogP) is 1.34. The lowest BCUT2D eigenvalue weighted by Gasteiger charge is -2.32. The lowest BCUT2D eigenvalue weighted by Crippen LogP contribution is -2.40. The van der Waals surface area contributed by atoms with Crippen LogP contribution in [-0.4, -0.2) is 47.1 Å². The Kier molecular flexibility index (Phi) is 5.30. The smallest absolute Gasteiger partial charge is 0.317 e. The lowest BCUT2D eigenvalue weighted by molar-refractivity contribution is -0.136. The van der Waals surface area contributed by atoms with Crippen molar-refractivity contribution in [2.24, 2.45) is 5.92 Å². The number of hydrogen-bond acceptors (Lipinski definition) is 5. The average Bonchev–Trinajstić information content (AvgIpc) is 2.75. The molecule has 0 aromatic carbocycles. The Hall–Kier alpha value is -0.980. The molecule has 1 fully saturated rings. The number of aromatic nitrogens is 1. The summed E-state index contributed by atoms with van der Waals surface area (Å²) in [7, 11) is 0. The molecule has 2 heterocycles. The van der Waals surface area contributed by atoms with Crippen LogP contribution in [0.2, 0.25) is 0 Å². The summed E-state index contributed by atoms with van der Waals surface area (Å²) in [5.74, 6) is -0.238. The number of carbonyl (C=O) groups is 1. The Balaban J connectivity index is 1.75. The second kappa shape index (κ2) is 6.98. The normalized spacial score (nSPS) is 20.6. The van der Waals surface area contributed by atoms with Gasteiger partial charge in [0.1, 0.15) is 0 Å².